The average Bonchev–Trinajstić information content (AvgIpc) is 3.30. The molecule has 0 saturated heterocycles. The van der Waals surface area contributed by atoms with E-state index in [1.54, 1.807) is 6.33 Å². The van der Waals surface area contributed by atoms with Gasteiger partial charge in [0.05, 0.1) is 6.33 Å². The zero-order valence-corrected chi connectivity index (χ0v) is 15.7. The summed E-state index contributed by atoms with van der Waals surface area (Å²) < 4.78 is 40.2. The Hall–Kier alpha value is -2.10. The maximum atomic E-state index is 12.7. The fraction of sp³-hybridized carbons (Fsp3) is 0.722. The lowest BCUT2D eigenvalue weighted by Crippen LogP contribution is -2.33. The van der Waals surface area contributed by atoms with Crippen LogP contribution >= 0.6 is 0 Å². The summed E-state index contributed by atoms with van der Waals surface area (Å²) in [7, 11) is 0. The van der Waals surface area contributed by atoms with E-state index in [1.807, 2.05) is 4.57 Å². The summed E-state index contributed by atoms with van der Waals surface area (Å²) in [5, 5.41) is 5.70. The summed E-state index contributed by atoms with van der Waals surface area (Å²) in [4.78, 5) is 13.3. The van der Waals surface area contributed by atoms with Gasteiger partial charge in [-0.3, -0.25) is 0 Å². The zero-order chi connectivity index (χ0) is 19.7. The molecule has 4 rings (SSSR count). The van der Waals surface area contributed by atoms with Crippen molar-refractivity contribution in [2.45, 2.75) is 75.7 Å². The third kappa shape index (κ3) is 4.31. The number of rotatable bonds is 5. The molecule has 7 nitrogen and oxygen atoms in total. The van der Waals surface area contributed by atoms with Crippen molar-refractivity contribution in [2.75, 3.05) is 17.2 Å². The van der Waals surface area contributed by atoms with Gasteiger partial charge in [0.15, 0.2) is 17.0 Å². The topological polar surface area (TPSA) is 93.7 Å². The molecule has 0 unspecified atom stereocenters. The van der Waals surface area contributed by atoms with Crippen LogP contribution in [0.4, 0.5) is 24.9 Å². The van der Waals surface area contributed by atoms with Gasteiger partial charge in [-0.05, 0) is 38.5 Å². The highest BCUT2D eigenvalue weighted by atomic mass is 19.4. The van der Waals surface area contributed by atoms with Crippen LogP contribution in [0.1, 0.15) is 57.4 Å². The first-order chi connectivity index (χ1) is 13.4. The van der Waals surface area contributed by atoms with Crippen LogP contribution < -0.4 is 16.4 Å². The highest BCUT2D eigenvalue weighted by Gasteiger charge is 2.29. The summed E-state index contributed by atoms with van der Waals surface area (Å²) in [5.41, 5.74) is 6.92. The van der Waals surface area contributed by atoms with Crippen molar-refractivity contribution < 1.29 is 13.2 Å². The lowest BCUT2D eigenvalue weighted by atomic mass is 9.92. The molecule has 2 saturated carbocycles. The highest BCUT2D eigenvalue weighted by Crippen LogP contribution is 2.33. The Balaban J connectivity index is 1.64. The molecular formula is C18H26F3N7. The zero-order valence-electron chi connectivity index (χ0n) is 15.7. The number of alkyl halides is 3. The number of nitrogens with two attached hydrogens (primary N) is 1. The van der Waals surface area contributed by atoms with Gasteiger partial charge in [0.25, 0.3) is 0 Å². The molecule has 2 heterocycles. The van der Waals surface area contributed by atoms with E-state index in [1.165, 1.54) is 0 Å². The fourth-order valence-electron chi connectivity index (χ4n) is 4.18. The van der Waals surface area contributed by atoms with Gasteiger partial charge < -0.3 is 20.9 Å². The Bertz CT molecular complexity index is 805. The predicted molar refractivity (Wildman–Crippen MR) is 101 cm³/mol. The normalized spacial score (nSPS) is 24.0. The number of aromatic nitrogens is 4. The van der Waals surface area contributed by atoms with E-state index in [4.69, 9.17) is 5.73 Å². The Morgan fingerprint density at radius 1 is 1.07 bits per heavy atom. The minimum atomic E-state index is -4.33. The molecule has 2 aromatic heterocycles. The van der Waals surface area contributed by atoms with Crippen molar-refractivity contribution >= 4 is 22.9 Å². The minimum absolute atomic E-state index is 0.120. The lowest BCUT2D eigenvalue weighted by Gasteiger charge is -2.27. The fourth-order valence-corrected chi connectivity index (χ4v) is 4.18. The Kier molecular flexibility index (Phi) is 5.31. The molecule has 2 aliphatic carbocycles. The van der Waals surface area contributed by atoms with E-state index < -0.39 is 12.7 Å². The number of nitrogens with one attached hydrogen (secondary N) is 2. The van der Waals surface area contributed by atoms with Gasteiger partial charge in [-0.15, -0.1) is 0 Å². The maximum Gasteiger partial charge on any atom is 0.405 e. The molecule has 28 heavy (non-hydrogen) atoms. The first-order valence-corrected chi connectivity index (χ1v) is 9.96. The van der Waals surface area contributed by atoms with Crippen LogP contribution in [0.25, 0.3) is 11.2 Å². The molecule has 2 aliphatic rings. The summed E-state index contributed by atoms with van der Waals surface area (Å²) in [6, 6.07) is 0.681. The van der Waals surface area contributed by atoms with Crippen LogP contribution in [0.5, 0.6) is 0 Å². The standard InChI is InChI=1S/C18H26F3N7/c19-18(20,21)9-23-15-14-16(28(10-24-14)13-3-1-2-4-13)27-17(26-15)25-12-7-5-11(22)6-8-12/h10-13H,1-9,22H2,(H2,23,25,26,27)/t11-,12-. The number of hydrogen-bond donors (Lipinski definition) is 3. The SMILES string of the molecule is N[C@H]1CC[C@H](Nc2nc(NCC(F)(F)F)c3ncn(C4CCCC4)c3n2)CC1. The third-order valence-electron chi connectivity index (χ3n) is 5.70. The van der Waals surface area contributed by atoms with Crippen molar-refractivity contribution in [1.29, 1.82) is 0 Å². The number of imidazole rings is 1. The number of fused-ring (bicyclic) bond motifs is 1. The molecule has 0 radical (unpaired) electrons. The molecule has 0 atom stereocenters. The molecule has 0 amide bonds. The smallest absolute Gasteiger partial charge is 0.359 e. The van der Waals surface area contributed by atoms with Gasteiger partial charge in [0, 0.05) is 18.1 Å². The Labute approximate surface area is 161 Å². The molecule has 4 N–H and O–H groups in total. The van der Waals surface area contributed by atoms with Gasteiger partial charge in [-0.1, -0.05) is 12.8 Å². The van der Waals surface area contributed by atoms with Gasteiger partial charge >= 0.3 is 6.18 Å². The molecule has 0 aromatic carbocycles. The molecule has 154 valence electrons. The molecule has 2 aromatic rings. The van der Waals surface area contributed by atoms with E-state index >= 15 is 0 Å². The van der Waals surface area contributed by atoms with Crippen LogP contribution in [-0.4, -0.2) is 44.3 Å². The number of hydrogen-bond acceptors (Lipinski definition) is 6. The number of anilines is 2. The molecule has 0 bridgehead atoms. The van der Waals surface area contributed by atoms with E-state index in [-0.39, 0.29) is 23.9 Å². The second-order valence-electron chi connectivity index (χ2n) is 7.88. The number of nitrogens with zero attached hydrogens (tertiary/aromatic N) is 4. The van der Waals surface area contributed by atoms with Gasteiger partial charge in [-0.2, -0.15) is 23.1 Å². The Morgan fingerprint density at radius 2 is 1.79 bits per heavy atom. The van der Waals surface area contributed by atoms with Crippen molar-refractivity contribution in [3.05, 3.63) is 6.33 Å². The molecule has 10 heteroatoms. The van der Waals surface area contributed by atoms with Crippen molar-refractivity contribution in [3.63, 3.8) is 0 Å². The average molecular weight is 397 g/mol. The quantitative estimate of drug-likeness (QED) is 0.714. The van der Waals surface area contributed by atoms with Crippen LogP contribution in [0, 0.1) is 0 Å². The largest absolute Gasteiger partial charge is 0.405 e. The lowest BCUT2D eigenvalue weighted by molar-refractivity contribution is -0.115. The van der Waals surface area contributed by atoms with Gasteiger partial charge in [0.1, 0.15) is 6.54 Å². The van der Waals surface area contributed by atoms with Crippen LogP contribution in [0.2, 0.25) is 0 Å². The molecule has 0 spiro atoms. The summed E-state index contributed by atoms with van der Waals surface area (Å²) in [6.45, 7) is -1.16. The van der Waals surface area contributed by atoms with E-state index in [0.29, 0.717) is 17.1 Å². The van der Waals surface area contributed by atoms with Gasteiger partial charge in [0.2, 0.25) is 5.95 Å². The Morgan fingerprint density at radius 3 is 2.46 bits per heavy atom. The van der Waals surface area contributed by atoms with Gasteiger partial charge in [-0.25, -0.2) is 4.98 Å². The van der Waals surface area contributed by atoms with E-state index in [9.17, 15) is 13.2 Å². The summed E-state index contributed by atoms with van der Waals surface area (Å²) >= 11 is 0. The van der Waals surface area contributed by atoms with Crippen LogP contribution in [-0.2, 0) is 0 Å². The summed E-state index contributed by atoms with van der Waals surface area (Å²) in [5.74, 6) is 0.464. The minimum Gasteiger partial charge on any atom is -0.359 e. The number of halogens is 3. The highest BCUT2D eigenvalue weighted by molar-refractivity contribution is 5.84. The van der Waals surface area contributed by atoms with Crippen molar-refractivity contribution in [3.8, 4) is 0 Å². The van der Waals surface area contributed by atoms with Crippen LogP contribution in [0.3, 0.4) is 0 Å². The first kappa shape index (κ1) is 19.2. The molecular weight excluding hydrogens is 371 g/mol. The van der Waals surface area contributed by atoms with Crippen LogP contribution in [0.15, 0.2) is 6.33 Å². The molecule has 2 fully saturated rings. The second kappa shape index (κ2) is 7.73. The molecule has 0 aliphatic heterocycles. The maximum absolute atomic E-state index is 12.7. The summed E-state index contributed by atoms with van der Waals surface area (Å²) in [6.07, 6.45) is 5.32. The monoisotopic (exact) mass is 397 g/mol. The van der Waals surface area contributed by atoms with E-state index in [2.05, 4.69) is 25.6 Å². The third-order valence-corrected chi connectivity index (χ3v) is 5.70. The van der Waals surface area contributed by atoms with E-state index in [0.717, 1.165) is 51.4 Å². The first-order valence-electron chi connectivity index (χ1n) is 9.96. The van der Waals surface area contributed by atoms with Crippen molar-refractivity contribution in [2.24, 2.45) is 5.73 Å². The second-order valence-corrected chi connectivity index (χ2v) is 7.88. The predicted octanol–water partition coefficient (Wildman–Crippen LogP) is 3.60. The van der Waals surface area contributed by atoms with Crippen molar-refractivity contribution in [1.82, 2.24) is 19.5 Å².